The molecule has 90 valence electrons. The van der Waals surface area contributed by atoms with Crippen molar-refractivity contribution in [1.82, 2.24) is 15.0 Å². The molecular formula is C12H15N3O2. The molecule has 0 aliphatic rings. The number of aliphatic hydroxyl groups is 1. The average Bonchev–Trinajstić information content (AvgIpc) is 2.84. The highest BCUT2D eigenvalue weighted by Gasteiger charge is 2.10. The molecule has 1 aromatic carbocycles. The maximum absolute atomic E-state index is 9.19. The molecule has 17 heavy (non-hydrogen) atoms. The molecule has 1 heterocycles. The molecule has 1 aromatic heterocycles. The third kappa shape index (κ3) is 2.45. The van der Waals surface area contributed by atoms with E-state index in [0.717, 1.165) is 17.9 Å². The third-order valence-electron chi connectivity index (χ3n) is 2.34. The van der Waals surface area contributed by atoms with Gasteiger partial charge in [-0.15, -0.1) is 5.10 Å². The van der Waals surface area contributed by atoms with Gasteiger partial charge >= 0.3 is 0 Å². The van der Waals surface area contributed by atoms with Gasteiger partial charge in [0.1, 0.15) is 11.4 Å². The molecule has 0 saturated heterocycles. The van der Waals surface area contributed by atoms with Gasteiger partial charge in [-0.25, -0.2) is 4.68 Å². The molecule has 2 aromatic rings. The van der Waals surface area contributed by atoms with E-state index in [1.807, 2.05) is 24.3 Å². The minimum Gasteiger partial charge on any atom is -0.491 e. The van der Waals surface area contributed by atoms with E-state index >= 15 is 0 Å². The fraction of sp³-hybridized carbons (Fsp3) is 0.333. The molecule has 2 rings (SSSR count). The predicted octanol–water partition coefficient (Wildman–Crippen LogP) is 1.55. The van der Waals surface area contributed by atoms with Crippen LogP contribution >= 0.6 is 0 Å². The van der Waals surface area contributed by atoms with Gasteiger partial charge in [0.25, 0.3) is 0 Å². The molecule has 0 unspecified atom stereocenters. The number of para-hydroxylation sites is 2. The van der Waals surface area contributed by atoms with Gasteiger partial charge in [0.05, 0.1) is 25.1 Å². The molecular weight excluding hydrogens is 218 g/mol. The van der Waals surface area contributed by atoms with Gasteiger partial charge in [0.2, 0.25) is 0 Å². The Morgan fingerprint density at radius 2 is 2.18 bits per heavy atom. The largest absolute Gasteiger partial charge is 0.491 e. The zero-order valence-electron chi connectivity index (χ0n) is 9.71. The number of rotatable bonds is 5. The summed E-state index contributed by atoms with van der Waals surface area (Å²) in [6.45, 7) is 2.60. The first kappa shape index (κ1) is 11.6. The van der Waals surface area contributed by atoms with Gasteiger partial charge in [-0.1, -0.05) is 24.3 Å². The molecule has 0 atom stereocenters. The van der Waals surface area contributed by atoms with Crippen molar-refractivity contribution in [3.63, 3.8) is 0 Å². The van der Waals surface area contributed by atoms with E-state index in [1.165, 1.54) is 6.20 Å². The van der Waals surface area contributed by atoms with E-state index in [0.29, 0.717) is 12.3 Å². The second-order valence-electron chi connectivity index (χ2n) is 3.61. The molecule has 5 heteroatoms. The standard InChI is InChI=1S/C12H15N3O2/c1-2-7-17-12-6-4-3-5-11(12)15-10(9-16)8-13-14-15/h3-6,8,16H,2,7,9H2,1H3. The number of ether oxygens (including phenoxy) is 1. The van der Waals surface area contributed by atoms with Crippen molar-refractivity contribution < 1.29 is 9.84 Å². The summed E-state index contributed by atoms with van der Waals surface area (Å²) in [6, 6.07) is 7.58. The van der Waals surface area contributed by atoms with E-state index in [9.17, 15) is 5.11 Å². The van der Waals surface area contributed by atoms with Gasteiger partial charge < -0.3 is 9.84 Å². The number of hydrogen-bond donors (Lipinski definition) is 1. The summed E-state index contributed by atoms with van der Waals surface area (Å²) >= 11 is 0. The topological polar surface area (TPSA) is 60.2 Å². The molecule has 1 N–H and O–H groups in total. The first-order valence-electron chi connectivity index (χ1n) is 5.59. The van der Waals surface area contributed by atoms with Crippen LogP contribution in [0, 0.1) is 0 Å². The molecule has 0 amide bonds. The Morgan fingerprint density at radius 1 is 1.35 bits per heavy atom. The third-order valence-corrected chi connectivity index (χ3v) is 2.34. The maximum Gasteiger partial charge on any atom is 0.145 e. The second-order valence-corrected chi connectivity index (χ2v) is 3.61. The van der Waals surface area contributed by atoms with Crippen molar-refractivity contribution in [3.05, 3.63) is 36.2 Å². The van der Waals surface area contributed by atoms with Crippen LogP contribution in [0.2, 0.25) is 0 Å². The van der Waals surface area contributed by atoms with E-state index in [4.69, 9.17) is 4.74 Å². The fourth-order valence-electron chi connectivity index (χ4n) is 1.53. The van der Waals surface area contributed by atoms with Gasteiger partial charge in [-0.05, 0) is 18.6 Å². The van der Waals surface area contributed by atoms with Crippen molar-refractivity contribution in [1.29, 1.82) is 0 Å². The highest BCUT2D eigenvalue weighted by atomic mass is 16.5. The van der Waals surface area contributed by atoms with E-state index in [2.05, 4.69) is 17.2 Å². The van der Waals surface area contributed by atoms with Gasteiger partial charge in [-0.3, -0.25) is 0 Å². The van der Waals surface area contributed by atoms with Crippen molar-refractivity contribution in [3.8, 4) is 11.4 Å². The second kappa shape index (κ2) is 5.45. The number of aromatic nitrogens is 3. The summed E-state index contributed by atoms with van der Waals surface area (Å²) in [4.78, 5) is 0. The van der Waals surface area contributed by atoms with Crippen LogP contribution in [0.4, 0.5) is 0 Å². The summed E-state index contributed by atoms with van der Waals surface area (Å²) in [7, 11) is 0. The highest BCUT2D eigenvalue weighted by molar-refractivity contribution is 5.46. The fourth-order valence-corrected chi connectivity index (χ4v) is 1.53. The Balaban J connectivity index is 2.37. The number of hydrogen-bond acceptors (Lipinski definition) is 4. The molecule has 0 bridgehead atoms. The van der Waals surface area contributed by atoms with E-state index < -0.39 is 0 Å². The minimum atomic E-state index is -0.102. The lowest BCUT2D eigenvalue weighted by molar-refractivity contribution is 0.272. The molecule has 0 fully saturated rings. The van der Waals surface area contributed by atoms with Crippen LogP contribution in [0.25, 0.3) is 5.69 Å². The molecule has 0 aliphatic heterocycles. The zero-order chi connectivity index (χ0) is 12.1. The van der Waals surface area contributed by atoms with E-state index in [-0.39, 0.29) is 6.61 Å². The lowest BCUT2D eigenvalue weighted by atomic mass is 10.3. The first-order valence-corrected chi connectivity index (χ1v) is 5.59. The zero-order valence-corrected chi connectivity index (χ0v) is 9.71. The van der Waals surface area contributed by atoms with Crippen molar-refractivity contribution >= 4 is 0 Å². The predicted molar refractivity (Wildman–Crippen MR) is 63.1 cm³/mol. The normalized spacial score (nSPS) is 10.5. The summed E-state index contributed by atoms with van der Waals surface area (Å²) in [5.41, 5.74) is 1.43. The van der Waals surface area contributed by atoms with Crippen LogP contribution in [0.3, 0.4) is 0 Å². The van der Waals surface area contributed by atoms with Crippen molar-refractivity contribution in [2.45, 2.75) is 20.0 Å². The lowest BCUT2D eigenvalue weighted by Crippen LogP contribution is -2.06. The van der Waals surface area contributed by atoms with Gasteiger partial charge in [0, 0.05) is 0 Å². The molecule has 0 spiro atoms. The highest BCUT2D eigenvalue weighted by Crippen LogP contribution is 2.22. The number of aliphatic hydroxyl groups excluding tert-OH is 1. The Kier molecular flexibility index (Phi) is 3.72. The van der Waals surface area contributed by atoms with Gasteiger partial charge in [-0.2, -0.15) is 0 Å². The Hall–Kier alpha value is -1.88. The molecule has 0 saturated carbocycles. The Labute approximate surface area is 99.7 Å². The van der Waals surface area contributed by atoms with Crippen LogP contribution in [0.5, 0.6) is 5.75 Å². The Bertz CT molecular complexity index is 482. The maximum atomic E-state index is 9.19. The number of nitrogens with zero attached hydrogens (tertiary/aromatic N) is 3. The smallest absolute Gasteiger partial charge is 0.145 e. The van der Waals surface area contributed by atoms with Crippen LogP contribution in [0.15, 0.2) is 30.5 Å². The quantitative estimate of drug-likeness (QED) is 0.851. The summed E-state index contributed by atoms with van der Waals surface area (Å²) in [5.74, 6) is 0.745. The van der Waals surface area contributed by atoms with Gasteiger partial charge in [0.15, 0.2) is 0 Å². The summed E-state index contributed by atoms with van der Waals surface area (Å²) < 4.78 is 7.23. The van der Waals surface area contributed by atoms with Crippen LogP contribution < -0.4 is 4.74 Å². The van der Waals surface area contributed by atoms with Crippen LogP contribution in [-0.4, -0.2) is 26.7 Å². The molecule has 5 nitrogen and oxygen atoms in total. The molecule has 0 aliphatic carbocycles. The van der Waals surface area contributed by atoms with E-state index in [1.54, 1.807) is 4.68 Å². The summed E-state index contributed by atoms with van der Waals surface area (Å²) in [5, 5.41) is 16.9. The summed E-state index contributed by atoms with van der Waals surface area (Å²) in [6.07, 6.45) is 2.48. The van der Waals surface area contributed by atoms with Crippen molar-refractivity contribution in [2.24, 2.45) is 0 Å². The lowest BCUT2D eigenvalue weighted by Gasteiger charge is -2.11. The monoisotopic (exact) mass is 233 g/mol. The SMILES string of the molecule is CCCOc1ccccc1-n1nncc1CO. The average molecular weight is 233 g/mol. The minimum absolute atomic E-state index is 0.102. The Morgan fingerprint density at radius 3 is 2.94 bits per heavy atom. The van der Waals surface area contributed by atoms with Crippen LogP contribution in [-0.2, 0) is 6.61 Å². The van der Waals surface area contributed by atoms with Crippen molar-refractivity contribution in [2.75, 3.05) is 6.61 Å². The first-order chi connectivity index (χ1) is 8.36. The number of benzene rings is 1. The van der Waals surface area contributed by atoms with Crippen LogP contribution in [0.1, 0.15) is 19.0 Å². The molecule has 0 radical (unpaired) electrons.